The number of aliphatic hydroxyl groups excluding tert-OH is 1. The van der Waals surface area contributed by atoms with Gasteiger partial charge in [-0.1, -0.05) is 69.7 Å². The zero-order chi connectivity index (χ0) is 24.1. The number of Topliss-reactive ketones (excluding diaryl/α,β-unsaturated/α-hetero) is 1. The summed E-state index contributed by atoms with van der Waals surface area (Å²) >= 11 is 1.90. The number of rotatable bonds is 9. The molecule has 5 nitrogen and oxygen atoms in total. The van der Waals surface area contributed by atoms with Gasteiger partial charge in [-0.3, -0.25) is 10.2 Å². The van der Waals surface area contributed by atoms with Crippen molar-refractivity contribution in [3.63, 3.8) is 0 Å². The van der Waals surface area contributed by atoms with E-state index in [4.69, 9.17) is 4.98 Å². The van der Waals surface area contributed by atoms with E-state index in [1.807, 2.05) is 48.2 Å². The molecule has 178 valence electrons. The number of nitrogens with one attached hydrogen (secondary N) is 1. The smallest absolute Gasteiger partial charge is 0.168 e. The molecule has 0 amide bonds. The van der Waals surface area contributed by atoms with Gasteiger partial charge >= 0.3 is 0 Å². The molecule has 2 atom stereocenters. The largest absolute Gasteiger partial charge is 0.511 e. The van der Waals surface area contributed by atoms with Crippen molar-refractivity contribution in [3.05, 3.63) is 59.9 Å². The molecule has 1 aliphatic carbocycles. The molecule has 3 aromatic rings. The van der Waals surface area contributed by atoms with Gasteiger partial charge in [-0.25, -0.2) is 4.98 Å². The topological polar surface area (TPSA) is 74.6 Å². The summed E-state index contributed by atoms with van der Waals surface area (Å²) in [6.45, 7) is 6.40. The number of aliphatic hydroxyl groups is 1. The van der Waals surface area contributed by atoms with Crippen molar-refractivity contribution in [2.45, 2.75) is 58.1 Å². The van der Waals surface area contributed by atoms with Gasteiger partial charge in [0.15, 0.2) is 11.6 Å². The second-order valence-electron chi connectivity index (χ2n) is 8.96. The van der Waals surface area contributed by atoms with Gasteiger partial charge in [-0.15, -0.1) is 0 Å². The number of benzene rings is 2. The van der Waals surface area contributed by atoms with E-state index < -0.39 is 0 Å². The number of nitrogens with zero attached hydrogens (tertiary/aromatic N) is 2. The normalized spacial score (nSPS) is 18.0. The number of aromatic nitrogens is 1. The van der Waals surface area contributed by atoms with E-state index in [0.717, 1.165) is 40.3 Å². The number of thioether (sulfide) groups is 1. The van der Waals surface area contributed by atoms with Crippen LogP contribution in [0.25, 0.3) is 21.7 Å². The molecule has 0 spiro atoms. The van der Waals surface area contributed by atoms with Crippen molar-refractivity contribution in [2.24, 2.45) is 11.0 Å². The monoisotopic (exact) mass is 475 g/mol. The molecular weight excluding hydrogens is 442 g/mol. The van der Waals surface area contributed by atoms with Crippen LogP contribution in [-0.2, 0) is 4.79 Å². The third-order valence-electron chi connectivity index (χ3n) is 6.32. The van der Waals surface area contributed by atoms with E-state index in [0.29, 0.717) is 41.6 Å². The summed E-state index contributed by atoms with van der Waals surface area (Å²) < 4.78 is 0. The van der Waals surface area contributed by atoms with E-state index in [1.54, 1.807) is 0 Å². The van der Waals surface area contributed by atoms with E-state index >= 15 is 0 Å². The van der Waals surface area contributed by atoms with Gasteiger partial charge in [0.25, 0.3) is 0 Å². The van der Waals surface area contributed by atoms with Crippen LogP contribution in [0.15, 0.2) is 65.0 Å². The van der Waals surface area contributed by atoms with Crippen LogP contribution in [0.2, 0.25) is 0 Å². The van der Waals surface area contributed by atoms with Crippen molar-refractivity contribution in [1.82, 2.24) is 4.98 Å². The fourth-order valence-corrected chi connectivity index (χ4v) is 5.85. The van der Waals surface area contributed by atoms with E-state index in [9.17, 15) is 9.90 Å². The van der Waals surface area contributed by atoms with Crippen molar-refractivity contribution in [2.75, 3.05) is 11.2 Å². The van der Waals surface area contributed by atoms with Crippen LogP contribution in [0.4, 0.5) is 5.82 Å². The van der Waals surface area contributed by atoms with E-state index in [1.165, 1.54) is 0 Å². The lowest BCUT2D eigenvalue weighted by Gasteiger charge is -2.26. The van der Waals surface area contributed by atoms with Crippen LogP contribution in [0.5, 0.6) is 0 Å². The Bertz CT molecular complexity index is 1250. The predicted octanol–water partition coefficient (Wildman–Crippen LogP) is 7.28. The highest BCUT2D eigenvalue weighted by molar-refractivity contribution is 7.99. The number of fused-ring (bicyclic) bond motifs is 3. The van der Waals surface area contributed by atoms with Crippen molar-refractivity contribution < 1.29 is 9.90 Å². The lowest BCUT2D eigenvalue weighted by atomic mass is 9.82. The molecule has 0 saturated heterocycles. The molecule has 1 aliphatic rings. The lowest BCUT2D eigenvalue weighted by molar-refractivity contribution is -0.116. The number of anilines is 1. The first-order valence-corrected chi connectivity index (χ1v) is 13.2. The van der Waals surface area contributed by atoms with Crippen LogP contribution < -0.4 is 5.43 Å². The van der Waals surface area contributed by atoms with Crippen molar-refractivity contribution in [3.8, 4) is 0 Å². The van der Waals surface area contributed by atoms with Gasteiger partial charge in [-0.05, 0) is 36.0 Å². The minimum atomic E-state index is -0.00669. The number of para-hydroxylation sites is 1. The van der Waals surface area contributed by atoms with Gasteiger partial charge in [0.1, 0.15) is 5.76 Å². The zero-order valence-corrected chi connectivity index (χ0v) is 21.0. The molecule has 0 radical (unpaired) electrons. The molecule has 1 aromatic heterocycles. The number of hydrazone groups is 1. The summed E-state index contributed by atoms with van der Waals surface area (Å²) in [6, 6.07) is 16.1. The molecule has 34 heavy (non-hydrogen) atoms. The van der Waals surface area contributed by atoms with Crippen LogP contribution in [0.1, 0.15) is 52.9 Å². The number of carbonyl (C=O) groups is 1. The highest BCUT2D eigenvalue weighted by Gasteiger charge is 2.31. The Morgan fingerprint density at radius 2 is 1.82 bits per heavy atom. The summed E-state index contributed by atoms with van der Waals surface area (Å²) in [5.41, 5.74) is 5.03. The fraction of sp³-hybridized carbons (Fsp3) is 0.393. The zero-order valence-electron chi connectivity index (χ0n) is 20.2. The van der Waals surface area contributed by atoms with Crippen LogP contribution in [0, 0.1) is 5.92 Å². The van der Waals surface area contributed by atoms with Crippen LogP contribution >= 0.6 is 11.8 Å². The Labute approximate surface area is 205 Å². The highest BCUT2D eigenvalue weighted by Crippen LogP contribution is 2.33. The van der Waals surface area contributed by atoms with Gasteiger partial charge < -0.3 is 5.11 Å². The first-order chi connectivity index (χ1) is 16.5. The fourth-order valence-electron chi connectivity index (χ4n) is 4.87. The maximum absolute atomic E-state index is 13.1. The maximum atomic E-state index is 13.1. The first-order valence-electron chi connectivity index (χ1n) is 12.2. The van der Waals surface area contributed by atoms with E-state index in [2.05, 4.69) is 43.4 Å². The molecule has 2 aromatic carbocycles. The second kappa shape index (κ2) is 11.0. The molecule has 0 saturated carbocycles. The summed E-state index contributed by atoms with van der Waals surface area (Å²) in [4.78, 5) is 17.9. The SMILES string of the molecule is CCCC(=NNc1nc2ccccc2c2ccccc12)C1=C(O)CC(CC(C)SCC)CC1=O. The van der Waals surface area contributed by atoms with E-state index in [-0.39, 0.29) is 17.5 Å². The number of allylic oxidation sites excluding steroid dienone is 2. The van der Waals surface area contributed by atoms with Gasteiger partial charge in [0.05, 0.1) is 16.8 Å². The molecule has 2 N–H and O–H groups in total. The third-order valence-corrected chi connectivity index (χ3v) is 7.42. The molecular formula is C28H33N3O2S. The number of pyridine rings is 1. The number of ketones is 1. The Hall–Kier alpha value is -2.86. The Kier molecular flexibility index (Phi) is 7.88. The molecule has 0 aliphatic heterocycles. The van der Waals surface area contributed by atoms with Crippen molar-refractivity contribution >= 4 is 50.8 Å². The summed E-state index contributed by atoms with van der Waals surface area (Å²) in [5.74, 6) is 2.07. The highest BCUT2D eigenvalue weighted by atomic mass is 32.2. The Morgan fingerprint density at radius 1 is 1.12 bits per heavy atom. The first kappa shape index (κ1) is 24.3. The van der Waals surface area contributed by atoms with Gasteiger partial charge in [-0.2, -0.15) is 16.9 Å². The molecule has 6 heteroatoms. The lowest BCUT2D eigenvalue weighted by Crippen LogP contribution is -2.26. The predicted molar refractivity (Wildman–Crippen MR) is 145 cm³/mol. The molecule has 0 bridgehead atoms. The van der Waals surface area contributed by atoms with Crippen LogP contribution in [0.3, 0.4) is 0 Å². The van der Waals surface area contributed by atoms with Crippen LogP contribution in [-0.4, -0.2) is 32.6 Å². The minimum absolute atomic E-state index is 0.00669. The van der Waals surface area contributed by atoms with Crippen molar-refractivity contribution in [1.29, 1.82) is 0 Å². The molecule has 4 rings (SSSR count). The summed E-state index contributed by atoms with van der Waals surface area (Å²) in [6.07, 6.45) is 3.37. The summed E-state index contributed by atoms with van der Waals surface area (Å²) in [7, 11) is 0. The number of hydrogen-bond acceptors (Lipinski definition) is 6. The maximum Gasteiger partial charge on any atom is 0.168 e. The quantitative estimate of drug-likeness (QED) is 0.193. The Morgan fingerprint density at radius 3 is 2.53 bits per heavy atom. The molecule has 0 fully saturated rings. The third kappa shape index (κ3) is 5.27. The summed E-state index contributed by atoms with van der Waals surface area (Å²) in [5, 5.41) is 19.2. The van der Waals surface area contributed by atoms with Gasteiger partial charge in [0.2, 0.25) is 0 Å². The number of carbonyl (C=O) groups excluding carboxylic acids is 1. The second-order valence-corrected chi connectivity index (χ2v) is 10.7. The minimum Gasteiger partial charge on any atom is -0.511 e. The average molecular weight is 476 g/mol. The number of hydrogen-bond donors (Lipinski definition) is 2. The Balaban J connectivity index is 1.65. The molecule has 1 heterocycles. The van der Waals surface area contributed by atoms with Gasteiger partial charge in [0, 0.05) is 28.9 Å². The average Bonchev–Trinajstić information content (AvgIpc) is 2.82. The standard InChI is InChI=1S/C28H33N3O2S/c1-4-10-24(27-25(32)16-19(17-26(27)33)15-18(3)34-5-2)30-31-28-22-13-7-6-11-20(22)21-12-8-9-14-23(21)29-28/h6-9,11-14,18-19,32H,4-5,10,15-17H2,1-3H3,(H,29,31). The molecule has 2 unspecified atom stereocenters.